The molecule has 2 heterocycles. The maximum atomic E-state index is 17.7. The van der Waals surface area contributed by atoms with Gasteiger partial charge in [-0.2, -0.15) is 0 Å². The highest BCUT2D eigenvalue weighted by molar-refractivity contribution is 8.14. The van der Waals surface area contributed by atoms with Crippen LogP contribution in [0.3, 0.4) is 0 Å². The van der Waals surface area contributed by atoms with Crippen molar-refractivity contribution in [1.82, 2.24) is 4.90 Å². The highest BCUT2D eigenvalue weighted by Crippen LogP contribution is 2.72. The molecule has 6 rings (SSSR count). The van der Waals surface area contributed by atoms with E-state index in [1.165, 1.54) is 42.4 Å². The number of carbonyl (C=O) groups is 4. The van der Waals surface area contributed by atoms with Gasteiger partial charge < -0.3 is 28.6 Å². The molecule has 0 unspecified atom stereocenters. The number of morpholine rings is 1. The first kappa shape index (κ1) is 34.4. The number of aliphatic hydroxyl groups is 1. The van der Waals surface area contributed by atoms with Gasteiger partial charge in [0.15, 0.2) is 23.7 Å². The number of amides is 1. The molecule has 0 aromatic carbocycles. The van der Waals surface area contributed by atoms with Gasteiger partial charge in [0.05, 0.1) is 31.3 Å². The summed E-state index contributed by atoms with van der Waals surface area (Å²) in [5, 5.41) is 11.2. The molecule has 1 aromatic rings. The third-order valence-electron chi connectivity index (χ3n) is 11.4. The molecule has 1 amide bonds. The van der Waals surface area contributed by atoms with Crippen LogP contribution in [0.1, 0.15) is 50.6 Å². The van der Waals surface area contributed by atoms with Gasteiger partial charge in [0.2, 0.25) is 10.9 Å². The van der Waals surface area contributed by atoms with E-state index in [9.17, 15) is 24.3 Å². The molecule has 0 bridgehead atoms. The zero-order chi connectivity index (χ0) is 34.5. The maximum Gasteiger partial charge on any atom is 0.410 e. The monoisotopic (exact) mass is 687 g/mol. The largest absolute Gasteiger partial charge is 0.457 e. The van der Waals surface area contributed by atoms with Crippen LogP contribution in [0.4, 0.5) is 13.6 Å². The normalized spacial score (nSPS) is 38.5. The minimum absolute atomic E-state index is 0.00112. The Morgan fingerprint density at radius 2 is 1.92 bits per heavy atom. The zero-order valence-electron chi connectivity index (χ0n) is 27.0. The van der Waals surface area contributed by atoms with Crippen molar-refractivity contribution in [1.29, 1.82) is 0 Å². The van der Waals surface area contributed by atoms with E-state index < -0.39 is 75.1 Å². The van der Waals surface area contributed by atoms with Gasteiger partial charge in [0, 0.05) is 35.8 Å². The Balaban J connectivity index is 1.28. The van der Waals surface area contributed by atoms with Gasteiger partial charge in [-0.3, -0.25) is 9.59 Å². The lowest BCUT2D eigenvalue weighted by atomic mass is 9.44. The topological polar surface area (TPSA) is 133 Å². The number of furan rings is 1. The third kappa shape index (κ3) is 5.22. The van der Waals surface area contributed by atoms with E-state index in [0.717, 1.165) is 17.8 Å². The summed E-state index contributed by atoms with van der Waals surface area (Å²) in [5.41, 5.74) is -7.13. The van der Waals surface area contributed by atoms with Gasteiger partial charge in [0.1, 0.15) is 6.17 Å². The average Bonchev–Trinajstić information content (AvgIpc) is 3.68. The summed E-state index contributed by atoms with van der Waals surface area (Å²) in [4.78, 5) is 53.8. The van der Waals surface area contributed by atoms with E-state index in [1.54, 1.807) is 13.8 Å². The zero-order valence-corrected chi connectivity index (χ0v) is 27.9. The number of fused-ring (bicyclic) bond motifs is 5. The maximum absolute atomic E-state index is 17.7. The number of hydrogen-bond donors (Lipinski definition) is 1. The smallest absolute Gasteiger partial charge is 0.410 e. The molecule has 258 valence electrons. The number of hydrogen-bond acceptors (Lipinski definition) is 10. The predicted molar refractivity (Wildman–Crippen MR) is 169 cm³/mol. The summed E-state index contributed by atoms with van der Waals surface area (Å²) >= 11 is 0.810. The molecular weight excluding hydrogens is 648 g/mol. The summed E-state index contributed by atoms with van der Waals surface area (Å²) in [5.74, 6) is 1.64. The Hall–Kier alpha value is -3.47. The van der Waals surface area contributed by atoms with Crippen LogP contribution in [0, 0.1) is 40.4 Å². The van der Waals surface area contributed by atoms with E-state index in [1.807, 2.05) is 0 Å². The van der Waals surface area contributed by atoms with Gasteiger partial charge in [-0.05, 0) is 62.0 Å². The van der Waals surface area contributed by atoms with Crippen molar-refractivity contribution in [2.45, 2.75) is 63.6 Å². The van der Waals surface area contributed by atoms with E-state index in [0.29, 0.717) is 26.3 Å². The number of esters is 1. The van der Waals surface area contributed by atoms with Crippen molar-refractivity contribution in [2.24, 2.45) is 28.6 Å². The number of ketones is 1. The Bertz CT molecular complexity index is 1600. The average molecular weight is 688 g/mol. The van der Waals surface area contributed by atoms with Gasteiger partial charge in [-0.1, -0.05) is 43.5 Å². The fourth-order valence-electron chi connectivity index (χ4n) is 9.05. The number of nitrogens with zero attached hydrogens (tertiary/aromatic N) is 1. The van der Waals surface area contributed by atoms with Crippen molar-refractivity contribution in [3.63, 3.8) is 0 Å². The Morgan fingerprint density at radius 3 is 2.62 bits per heavy atom. The Labute approximate surface area is 281 Å². The van der Waals surface area contributed by atoms with Gasteiger partial charge >= 0.3 is 12.1 Å². The number of alkyl halides is 2. The predicted octanol–water partition coefficient (Wildman–Crippen LogP) is 4.47. The summed E-state index contributed by atoms with van der Waals surface area (Å²) in [6, 6.07) is 2.91. The molecule has 4 fully saturated rings. The second kappa shape index (κ2) is 12.8. The fraction of sp³-hybridized carbons (Fsp3) is 0.600. The van der Waals surface area contributed by atoms with Crippen molar-refractivity contribution in [3.05, 3.63) is 48.0 Å². The van der Waals surface area contributed by atoms with E-state index in [2.05, 4.69) is 11.8 Å². The fourth-order valence-corrected chi connectivity index (χ4v) is 10.1. The van der Waals surface area contributed by atoms with Crippen LogP contribution >= 0.6 is 11.8 Å². The molecule has 48 heavy (non-hydrogen) atoms. The molecule has 9 atom stereocenters. The summed E-state index contributed by atoms with van der Waals surface area (Å²) in [7, 11) is 0. The highest BCUT2D eigenvalue weighted by atomic mass is 32.2. The SMILES string of the molecule is C[C@@H]1C[C@H]2[C@@H]3C[C@H](F)C4=CC(=O)C=C[C@]4(C)[C@@]3(F)[C@@H](O)C[C@]2(C)[C@@]1(OC(=O)c1ccco1)C(=O)SCC#CCOC(=O)N1CCOCC1. The number of thioether (sulfide) groups is 1. The quantitative estimate of drug-likeness (QED) is 0.349. The first-order chi connectivity index (χ1) is 22.8. The number of allylic oxidation sites excluding steroid dienone is 4. The van der Waals surface area contributed by atoms with Crippen LogP contribution in [0.15, 0.2) is 46.6 Å². The van der Waals surface area contributed by atoms with Crippen LogP contribution in [-0.2, 0) is 23.8 Å². The third-order valence-corrected chi connectivity index (χ3v) is 12.2. The number of aliphatic hydroxyl groups excluding tert-OH is 1. The lowest BCUT2D eigenvalue weighted by Crippen LogP contribution is -2.70. The van der Waals surface area contributed by atoms with Crippen LogP contribution in [0.25, 0.3) is 0 Å². The van der Waals surface area contributed by atoms with Gasteiger partial charge in [0.25, 0.3) is 0 Å². The van der Waals surface area contributed by atoms with E-state index in [4.69, 9.17) is 18.6 Å². The second-order valence-electron chi connectivity index (χ2n) is 13.7. The van der Waals surface area contributed by atoms with Crippen molar-refractivity contribution < 1.29 is 51.7 Å². The molecule has 3 saturated carbocycles. The first-order valence-corrected chi connectivity index (χ1v) is 17.1. The van der Waals surface area contributed by atoms with Gasteiger partial charge in [-0.25, -0.2) is 18.4 Å². The van der Waals surface area contributed by atoms with Crippen molar-refractivity contribution >= 4 is 34.7 Å². The molecule has 13 heteroatoms. The van der Waals surface area contributed by atoms with Crippen LogP contribution in [0.2, 0.25) is 0 Å². The molecule has 0 radical (unpaired) electrons. The standard InChI is InChI=1S/C35H39F2NO9S/c1-21-17-23-24-19-26(36)25-18-22(39)8-9-32(25,2)34(24,37)28(40)20-33(23,3)35(21,47-29(41)27-7-6-13-45-27)30(42)48-16-5-4-12-46-31(43)38-10-14-44-15-11-38/h6-9,13,18,21,23-24,26,28,40H,10-12,14-17,19-20H2,1-3H3/t21-,23+,24+,26+,28+,32+,33+,34+,35+/m1/s1. The first-order valence-electron chi connectivity index (χ1n) is 16.1. The van der Waals surface area contributed by atoms with Crippen molar-refractivity contribution in [2.75, 3.05) is 38.7 Å². The van der Waals surface area contributed by atoms with Crippen molar-refractivity contribution in [3.8, 4) is 11.8 Å². The molecule has 1 aliphatic heterocycles. The number of ether oxygens (including phenoxy) is 3. The molecule has 4 aliphatic carbocycles. The lowest BCUT2D eigenvalue weighted by Gasteiger charge is -2.63. The second-order valence-corrected chi connectivity index (χ2v) is 14.6. The summed E-state index contributed by atoms with van der Waals surface area (Å²) < 4.78 is 55.5. The van der Waals surface area contributed by atoms with E-state index >= 15 is 8.78 Å². The van der Waals surface area contributed by atoms with E-state index in [-0.39, 0.29) is 43.0 Å². The lowest BCUT2D eigenvalue weighted by molar-refractivity contribution is -0.221. The summed E-state index contributed by atoms with van der Waals surface area (Å²) in [6.07, 6.45) is 0.777. The van der Waals surface area contributed by atoms with Crippen LogP contribution in [0.5, 0.6) is 0 Å². The number of rotatable bonds is 5. The minimum atomic E-state index is -2.36. The Kier molecular flexibility index (Phi) is 9.15. The number of carbonyl (C=O) groups excluding carboxylic acids is 4. The summed E-state index contributed by atoms with van der Waals surface area (Å²) in [6.45, 7) is 6.46. The Morgan fingerprint density at radius 1 is 1.17 bits per heavy atom. The molecule has 1 aromatic heterocycles. The molecule has 10 nitrogen and oxygen atoms in total. The number of halogens is 2. The molecule has 1 N–H and O–H groups in total. The van der Waals surface area contributed by atoms with Gasteiger partial charge in [-0.15, -0.1) is 0 Å². The molecule has 0 spiro atoms. The minimum Gasteiger partial charge on any atom is -0.457 e. The van der Waals surface area contributed by atoms with Crippen LogP contribution in [-0.4, -0.2) is 95.2 Å². The molecule has 5 aliphatic rings. The molecular formula is C35H39F2NO9S. The molecule has 1 saturated heterocycles. The highest BCUT2D eigenvalue weighted by Gasteiger charge is 2.78. The van der Waals surface area contributed by atoms with Crippen LogP contribution < -0.4 is 0 Å².